The van der Waals surface area contributed by atoms with Gasteiger partial charge in [0.1, 0.15) is 5.76 Å². The molecule has 0 bridgehead atoms. The fourth-order valence-electron chi connectivity index (χ4n) is 4.51. The van der Waals surface area contributed by atoms with Crippen LogP contribution in [0, 0.1) is 13.8 Å². The van der Waals surface area contributed by atoms with Gasteiger partial charge >= 0.3 is 0 Å². The van der Waals surface area contributed by atoms with Crippen molar-refractivity contribution in [1.29, 1.82) is 0 Å². The number of para-hydroxylation sites is 1. The average Bonchev–Trinajstić information content (AvgIpc) is 3.30. The molecule has 1 aromatic heterocycles. The number of hydrogen-bond acceptors (Lipinski definition) is 5. The highest BCUT2D eigenvalue weighted by Crippen LogP contribution is 2.28. The van der Waals surface area contributed by atoms with Crippen molar-refractivity contribution in [2.24, 2.45) is 0 Å². The predicted molar refractivity (Wildman–Crippen MR) is 110 cm³/mol. The fraction of sp³-hybridized carbons (Fsp3) is 0.500. The van der Waals surface area contributed by atoms with E-state index in [2.05, 4.69) is 16.1 Å². The zero-order valence-corrected chi connectivity index (χ0v) is 17.4. The summed E-state index contributed by atoms with van der Waals surface area (Å²) < 4.78 is 5.22. The summed E-state index contributed by atoms with van der Waals surface area (Å²) >= 11 is 0. The van der Waals surface area contributed by atoms with Gasteiger partial charge in [0.2, 0.25) is 11.8 Å². The second-order valence-corrected chi connectivity index (χ2v) is 7.99. The minimum absolute atomic E-state index is 0.0962. The summed E-state index contributed by atoms with van der Waals surface area (Å²) in [5.41, 5.74) is 3.95. The number of benzene rings is 1. The maximum absolute atomic E-state index is 12.9. The molecule has 7 heteroatoms. The monoisotopic (exact) mass is 396 g/mol. The van der Waals surface area contributed by atoms with E-state index in [-0.39, 0.29) is 17.7 Å². The van der Waals surface area contributed by atoms with Crippen molar-refractivity contribution in [2.45, 2.75) is 33.1 Å². The molecule has 1 unspecified atom stereocenters. The number of hydrogen-bond donors (Lipinski definition) is 0. The third-order valence-corrected chi connectivity index (χ3v) is 6.12. The van der Waals surface area contributed by atoms with Crippen molar-refractivity contribution in [3.05, 3.63) is 46.8 Å². The van der Waals surface area contributed by atoms with E-state index in [1.807, 2.05) is 48.8 Å². The molecular formula is C22H28N4O3. The van der Waals surface area contributed by atoms with Crippen LogP contribution in [0.25, 0.3) is 0 Å². The third-order valence-electron chi connectivity index (χ3n) is 6.12. The molecule has 1 fully saturated rings. The zero-order chi connectivity index (χ0) is 20.5. The van der Waals surface area contributed by atoms with Crippen molar-refractivity contribution in [1.82, 2.24) is 15.0 Å². The standard InChI is InChI=1S/C22H28N4O3/c1-15(21-16(2)23-29-17(21)3)22(28)25-12-10-24(11-13-25)14-20(27)26-9-8-18-6-4-5-7-19(18)26/h4-7,15H,8-14H2,1-3H3. The molecule has 1 atom stereocenters. The molecule has 3 heterocycles. The third kappa shape index (κ3) is 3.79. The van der Waals surface area contributed by atoms with Crippen LogP contribution >= 0.6 is 0 Å². The van der Waals surface area contributed by atoms with Crippen molar-refractivity contribution < 1.29 is 14.1 Å². The number of piperazine rings is 1. The summed E-state index contributed by atoms with van der Waals surface area (Å²) in [6.45, 7) is 9.47. The molecule has 1 saturated heterocycles. The first-order valence-electron chi connectivity index (χ1n) is 10.3. The van der Waals surface area contributed by atoms with Crippen molar-refractivity contribution >= 4 is 17.5 Å². The van der Waals surface area contributed by atoms with Crippen molar-refractivity contribution in [3.8, 4) is 0 Å². The van der Waals surface area contributed by atoms with Crippen LogP contribution in [0.15, 0.2) is 28.8 Å². The van der Waals surface area contributed by atoms with Crippen LogP contribution < -0.4 is 4.90 Å². The summed E-state index contributed by atoms with van der Waals surface area (Å²) in [5, 5.41) is 3.97. The van der Waals surface area contributed by atoms with Gasteiger partial charge < -0.3 is 14.3 Å². The van der Waals surface area contributed by atoms with Gasteiger partial charge in [0.25, 0.3) is 0 Å². The van der Waals surface area contributed by atoms with Gasteiger partial charge in [0.15, 0.2) is 0 Å². The molecule has 7 nitrogen and oxygen atoms in total. The Labute approximate surface area is 171 Å². The molecule has 0 N–H and O–H groups in total. The maximum Gasteiger partial charge on any atom is 0.241 e. The Morgan fingerprint density at radius 2 is 1.83 bits per heavy atom. The predicted octanol–water partition coefficient (Wildman–Crippen LogP) is 2.13. The van der Waals surface area contributed by atoms with E-state index in [1.165, 1.54) is 5.56 Å². The number of amides is 2. The number of aromatic nitrogens is 1. The summed E-state index contributed by atoms with van der Waals surface area (Å²) in [6.07, 6.45) is 0.920. The number of aryl methyl sites for hydroxylation is 2. The van der Waals surface area contributed by atoms with Crippen LogP contribution in [0.2, 0.25) is 0 Å². The minimum atomic E-state index is -0.268. The highest BCUT2D eigenvalue weighted by Gasteiger charge is 2.31. The lowest BCUT2D eigenvalue weighted by Gasteiger charge is -2.36. The summed E-state index contributed by atoms with van der Waals surface area (Å²) in [7, 11) is 0. The molecule has 29 heavy (non-hydrogen) atoms. The van der Waals surface area contributed by atoms with Crippen LogP contribution in [0.5, 0.6) is 0 Å². The number of anilines is 1. The SMILES string of the molecule is Cc1noc(C)c1C(C)C(=O)N1CCN(CC(=O)N2CCc3ccccc32)CC1. The molecular weight excluding hydrogens is 368 g/mol. The lowest BCUT2D eigenvalue weighted by atomic mass is 9.97. The van der Waals surface area contributed by atoms with Gasteiger partial charge in [-0.25, -0.2) is 0 Å². The van der Waals surface area contributed by atoms with E-state index in [1.54, 1.807) is 0 Å². The van der Waals surface area contributed by atoms with Crippen molar-refractivity contribution in [2.75, 3.05) is 44.2 Å². The Morgan fingerprint density at radius 3 is 2.52 bits per heavy atom. The van der Waals surface area contributed by atoms with Gasteiger partial charge in [-0.15, -0.1) is 0 Å². The topological polar surface area (TPSA) is 69.9 Å². The number of rotatable bonds is 4. The molecule has 0 radical (unpaired) electrons. The Kier molecular flexibility index (Phi) is 5.41. The molecule has 154 valence electrons. The Balaban J connectivity index is 1.32. The van der Waals surface area contributed by atoms with Gasteiger partial charge in [0, 0.05) is 44.0 Å². The Bertz CT molecular complexity index is 895. The largest absolute Gasteiger partial charge is 0.361 e. The van der Waals surface area contributed by atoms with E-state index >= 15 is 0 Å². The molecule has 2 amide bonds. The van der Waals surface area contributed by atoms with E-state index in [0.29, 0.717) is 38.5 Å². The van der Waals surface area contributed by atoms with Gasteiger partial charge in [-0.1, -0.05) is 23.4 Å². The zero-order valence-electron chi connectivity index (χ0n) is 17.4. The Hall–Kier alpha value is -2.67. The van der Waals surface area contributed by atoms with Crippen LogP contribution in [-0.2, 0) is 16.0 Å². The second kappa shape index (κ2) is 7.99. The van der Waals surface area contributed by atoms with Crippen molar-refractivity contribution in [3.63, 3.8) is 0 Å². The lowest BCUT2D eigenvalue weighted by molar-refractivity contribution is -0.134. The number of carbonyl (C=O) groups excluding carboxylic acids is 2. The first-order valence-corrected chi connectivity index (χ1v) is 10.3. The van der Waals surface area contributed by atoms with Gasteiger partial charge in [0.05, 0.1) is 18.2 Å². The highest BCUT2D eigenvalue weighted by molar-refractivity contribution is 5.96. The minimum Gasteiger partial charge on any atom is -0.361 e. The molecule has 4 rings (SSSR count). The first-order chi connectivity index (χ1) is 14.0. The van der Waals surface area contributed by atoms with E-state index in [4.69, 9.17) is 4.52 Å². The number of fused-ring (bicyclic) bond motifs is 1. The first kappa shape index (κ1) is 19.6. The molecule has 0 spiro atoms. The quantitative estimate of drug-likeness (QED) is 0.792. The van der Waals surface area contributed by atoms with Crippen LogP contribution in [0.4, 0.5) is 5.69 Å². The summed E-state index contributed by atoms with van der Waals surface area (Å²) in [6, 6.07) is 8.11. The fourth-order valence-corrected chi connectivity index (χ4v) is 4.51. The van der Waals surface area contributed by atoms with E-state index < -0.39 is 0 Å². The maximum atomic E-state index is 12.9. The lowest BCUT2D eigenvalue weighted by Crippen LogP contribution is -2.52. The highest BCUT2D eigenvalue weighted by atomic mass is 16.5. The van der Waals surface area contributed by atoms with Crippen LogP contribution in [0.3, 0.4) is 0 Å². The van der Waals surface area contributed by atoms with Crippen LogP contribution in [0.1, 0.15) is 35.4 Å². The van der Waals surface area contributed by atoms with Crippen LogP contribution in [-0.4, -0.2) is 66.0 Å². The molecule has 0 aliphatic carbocycles. The molecule has 0 saturated carbocycles. The second-order valence-electron chi connectivity index (χ2n) is 7.99. The van der Waals surface area contributed by atoms with Gasteiger partial charge in [-0.05, 0) is 38.8 Å². The smallest absolute Gasteiger partial charge is 0.241 e. The molecule has 2 aliphatic rings. The summed E-state index contributed by atoms with van der Waals surface area (Å²) in [4.78, 5) is 31.7. The molecule has 1 aromatic carbocycles. The van der Waals surface area contributed by atoms with Gasteiger partial charge in [-0.3, -0.25) is 14.5 Å². The van der Waals surface area contributed by atoms with Gasteiger partial charge in [-0.2, -0.15) is 0 Å². The van der Waals surface area contributed by atoms with E-state index in [9.17, 15) is 9.59 Å². The normalized spacial score (nSPS) is 18.0. The molecule has 2 aromatic rings. The molecule has 2 aliphatic heterocycles. The number of nitrogens with zero attached hydrogens (tertiary/aromatic N) is 4. The van der Waals surface area contributed by atoms with E-state index in [0.717, 1.165) is 29.9 Å². The number of carbonyl (C=O) groups is 2. The summed E-state index contributed by atoms with van der Waals surface area (Å²) in [5.74, 6) is 0.673. The Morgan fingerprint density at radius 1 is 1.10 bits per heavy atom. The average molecular weight is 396 g/mol.